The maximum atomic E-state index is 12.2. The average Bonchev–Trinajstić information content (AvgIpc) is 2.37. The van der Waals surface area contributed by atoms with Crippen molar-refractivity contribution in [2.24, 2.45) is 0 Å². The maximum absolute atomic E-state index is 12.2. The Morgan fingerprint density at radius 1 is 1.40 bits per heavy atom. The Balaban J connectivity index is 3.30. The quantitative estimate of drug-likeness (QED) is 0.806. The van der Waals surface area contributed by atoms with E-state index in [-0.39, 0.29) is 15.5 Å². The second-order valence-corrected chi connectivity index (χ2v) is 6.21. The molecule has 0 aliphatic carbocycles. The zero-order valence-electron chi connectivity index (χ0n) is 10.7. The van der Waals surface area contributed by atoms with Crippen molar-refractivity contribution in [2.75, 3.05) is 20.7 Å². The van der Waals surface area contributed by atoms with Crippen LogP contribution in [0.2, 0.25) is 5.02 Å². The van der Waals surface area contributed by atoms with E-state index in [1.807, 2.05) is 0 Å². The zero-order valence-corrected chi connectivity index (χ0v) is 12.2. The van der Waals surface area contributed by atoms with E-state index < -0.39 is 28.5 Å². The molecule has 1 rings (SSSR count). The van der Waals surface area contributed by atoms with Gasteiger partial charge in [0.05, 0.1) is 17.7 Å². The number of sulfonamides is 1. The highest BCUT2D eigenvalue weighted by molar-refractivity contribution is 7.89. The number of halogens is 1. The fourth-order valence-electron chi connectivity index (χ4n) is 1.39. The molecule has 20 heavy (non-hydrogen) atoms. The summed E-state index contributed by atoms with van der Waals surface area (Å²) in [7, 11) is -1.86. The monoisotopic (exact) mass is 321 g/mol. The minimum absolute atomic E-state index is 0.000741. The van der Waals surface area contributed by atoms with Gasteiger partial charge < -0.3 is 9.84 Å². The number of carboxylic acids is 1. The first-order valence-corrected chi connectivity index (χ1v) is 7.08. The normalized spacial score (nSPS) is 11.4. The lowest BCUT2D eigenvalue weighted by Gasteiger charge is -2.16. The number of rotatable bonds is 5. The first-order chi connectivity index (χ1) is 9.20. The molecule has 0 unspecified atom stereocenters. The number of carbonyl (C=O) groups excluding carboxylic acids is 1. The van der Waals surface area contributed by atoms with Crippen LogP contribution < -0.4 is 0 Å². The molecule has 1 aromatic rings. The van der Waals surface area contributed by atoms with E-state index in [9.17, 15) is 18.0 Å². The highest BCUT2D eigenvalue weighted by Crippen LogP contribution is 2.25. The summed E-state index contributed by atoms with van der Waals surface area (Å²) in [5.74, 6) is -2.03. The van der Waals surface area contributed by atoms with Crippen molar-refractivity contribution < 1.29 is 27.9 Å². The third-order valence-electron chi connectivity index (χ3n) is 2.40. The summed E-state index contributed by atoms with van der Waals surface area (Å²) < 4.78 is 29.5. The van der Waals surface area contributed by atoms with Crippen LogP contribution in [0.1, 0.15) is 10.4 Å². The van der Waals surface area contributed by atoms with Gasteiger partial charge >= 0.3 is 11.9 Å². The van der Waals surface area contributed by atoms with E-state index >= 15 is 0 Å². The van der Waals surface area contributed by atoms with Crippen LogP contribution in [0.4, 0.5) is 0 Å². The minimum Gasteiger partial charge on any atom is -0.480 e. The van der Waals surface area contributed by atoms with Crippen LogP contribution in [0.5, 0.6) is 0 Å². The molecule has 0 saturated carbocycles. The van der Waals surface area contributed by atoms with Gasteiger partial charge in [-0.1, -0.05) is 11.6 Å². The third-order valence-corrected chi connectivity index (χ3v) is 4.68. The van der Waals surface area contributed by atoms with Crippen LogP contribution >= 0.6 is 11.6 Å². The van der Waals surface area contributed by atoms with Crippen LogP contribution in [0, 0.1) is 0 Å². The highest BCUT2D eigenvalue weighted by atomic mass is 35.5. The molecule has 0 fully saturated rings. The number of aliphatic carboxylic acids is 1. The van der Waals surface area contributed by atoms with E-state index in [2.05, 4.69) is 4.74 Å². The van der Waals surface area contributed by atoms with Gasteiger partial charge in [-0.2, -0.15) is 4.31 Å². The largest absolute Gasteiger partial charge is 0.480 e. The van der Waals surface area contributed by atoms with Crippen molar-refractivity contribution in [3.05, 3.63) is 28.8 Å². The average molecular weight is 322 g/mol. The van der Waals surface area contributed by atoms with Crippen LogP contribution in [0.3, 0.4) is 0 Å². The first kappa shape index (κ1) is 16.4. The molecule has 1 N–H and O–H groups in total. The number of nitrogens with zero attached hydrogens (tertiary/aromatic N) is 1. The van der Waals surface area contributed by atoms with Crippen molar-refractivity contribution >= 4 is 33.6 Å². The highest BCUT2D eigenvalue weighted by Gasteiger charge is 2.26. The molecular formula is C11H12ClNO6S. The Morgan fingerprint density at radius 2 is 2.00 bits per heavy atom. The number of methoxy groups -OCH3 is 1. The summed E-state index contributed by atoms with van der Waals surface area (Å²) >= 11 is 5.80. The lowest BCUT2D eigenvalue weighted by Crippen LogP contribution is -2.32. The third kappa shape index (κ3) is 3.47. The molecule has 7 nitrogen and oxygen atoms in total. The number of esters is 1. The van der Waals surface area contributed by atoms with Crippen molar-refractivity contribution in [1.82, 2.24) is 4.31 Å². The van der Waals surface area contributed by atoms with Crippen LogP contribution in [-0.4, -0.2) is 50.5 Å². The molecule has 0 atom stereocenters. The topological polar surface area (TPSA) is 101 Å². The molecule has 0 aliphatic heterocycles. The molecule has 0 amide bonds. The van der Waals surface area contributed by atoms with Crippen LogP contribution in [-0.2, 0) is 19.6 Å². The lowest BCUT2D eigenvalue weighted by molar-refractivity contribution is -0.137. The van der Waals surface area contributed by atoms with Gasteiger partial charge in [-0.15, -0.1) is 0 Å². The van der Waals surface area contributed by atoms with Crippen molar-refractivity contribution in [1.29, 1.82) is 0 Å². The summed E-state index contributed by atoms with van der Waals surface area (Å²) in [5.41, 5.74) is -0.000741. The lowest BCUT2D eigenvalue weighted by atomic mass is 10.2. The Hall–Kier alpha value is -1.64. The number of benzene rings is 1. The molecule has 0 radical (unpaired) electrons. The van der Waals surface area contributed by atoms with Crippen molar-refractivity contribution in [2.45, 2.75) is 4.90 Å². The van der Waals surface area contributed by atoms with E-state index in [1.165, 1.54) is 12.1 Å². The van der Waals surface area contributed by atoms with E-state index in [0.29, 0.717) is 4.31 Å². The molecule has 1 aromatic carbocycles. The SMILES string of the molecule is COC(=O)c1ccc(Cl)c(S(=O)(=O)N(C)CC(=O)O)c1. The van der Waals surface area contributed by atoms with E-state index in [4.69, 9.17) is 16.7 Å². The Bertz CT molecular complexity index is 642. The van der Waals surface area contributed by atoms with Crippen LogP contribution in [0.25, 0.3) is 0 Å². The van der Waals surface area contributed by atoms with Gasteiger partial charge in [-0.05, 0) is 18.2 Å². The molecule has 0 aromatic heterocycles. The second kappa shape index (κ2) is 6.21. The summed E-state index contributed by atoms with van der Waals surface area (Å²) in [6.07, 6.45) is 0. The molecular weight excluding hydrogens is 310 g/mol. The minimum atomic E-state index is -4.12. The van der Waals surface area contributed by atoms with Gasteiger partial charge in [0.15, 0.2) is 0 Å². The summed E-state index contributed by atoms with van der Waals surface area (Å²) in [4.78, 5) is 21.6. The molecule has 9 heteroatoms. The fraction of sp³-hybridized carbons (Fsp3) is 0.273. The van der Waals surface area contributed by atoms with Crippen molar-refractivity contribution in [3.63, 3.8) is 0 Å². The smallest absolute Gasteiger partial charge is 0.337 e. The number of hydrogen-bond acceptors (Lipinski definition) is 5. The summed E-state index contributed by atoms with van der Waals surface area (Å²) in [6.45, 7) is -0.721. The van der Waals surface area contributed by atoms with E-state index in [1.54, 1.807) is 0 Å². The van der Waals surface area contributed by atoms with Gasteiger partial charge in [0.2, 0.25) is 10.0 Å². The number of ether oxygens (including phenoxy) is 1. The van der Waals surface area contributed by atoms with Crippen molar-refractivity contribution in [3.8, 4) is 0 Å². The summed E-state index contributed by atoms with van der Waals surface area (Å²) in [6, 6.07) is 3.58. The Labute approximate surface area is 120 Å². The number of carbonyl (C=O) groups is 2. The molecule has 0 heterocycles. The van der Waals surface area contributed by atoms with Gasteiger partial charge in [0.1, 0.15) is 11.4 Å². The molecule has 0 aliphatic rings. The predicted octanol–water partition coefficient (Wildman–Crippen LogP) is 0.832. The fourth-order valence-corrected chi connectivity index (χ4v) is 3.01. The maximum Gasteiger partial charge on any atom is 0.337 e. The molecule has 0 spiro atoms. The first-order valence-electron chi connectivity index (χ1n) is 5.26. The van der Waals surface area contributed by atoms with Gasteiger partial charge in [-0.3, -0.25) is 4.79 Å². The molecule has 110 valence electrons. The summed E-state index contributed by atoms with van der Waals surface area (Å²) in [5, 5.41) is 8.52. The number of hydrogen-bond donors (Lipinski definition) is 1. The van der Waals surface area contributed by atoms with Gasteiger partial charge in [-0.25, -0.2) is 13.2 Å². The molecule has 0 saturated heterocycles. The predicted molar refractivity (Wildman–Crippen MR) is 70.2 cm³/mol. The Morgan fingerprint density at radius 3 is 2.50 bits per heavy atom. The van der Waals surface area contributed by atoms with E-state index in [0.717, 1.165) is 20.2 Å². The number of carboxylic acid groups (broad SMARTS) is 1. The zero-order chi connectivity index (χ0) is 15.5. The Kier molecular flexibility index (Phi) is 5.09. The molecule has 0 bridgehead atoms. The van der Waals surface area contributed by atoms with Gasteiger partial charge in [0, 0.05) is 7.05 Å². The van der Waals surface area contributed by atoms with Crippen LogP contribution in [0.15, 0.2) is 23.1 Å². The van der Waals surface area contributed by atoms with Gasteiger partial charge in [0.25, 0.3) is 0 Å². The second-order valence-electron chi connectivity index (χ2n) is 3.79. The standard InChI is InChI=1S/C11H12ClNO6S/c1-13(6-10(14)15)20(17,18)9-5-7(11(16)19-2)3-4-8(9)12/h3-5H,6H2,1-2H3,(H,14,15). The number of likely N-dealkylation sites (N-methyl/N-ethyl adjacent to an activating group) is 1.